The molecule has 4 heteroatoms. The summed E-state index contributed by atoms with van der Waals surface area (Å²) in [4.78, 5) is 10.8. The highest BCUT2D eigenvalue weighted by Gasteiger charge is 2.38. The molecule has 0 aromatic carbocycles. The topological polar surface area (TPSA) is 41.2 Å². The number of piperidine rings is 1. The Morgan fingerprint density at radius 3 is 3.00 bits per heavy atom. The first kappa shape index (κ1) is 14.7. The Morgan fingerprint density at radius 2 is 2.18 bits per heavy atom. The van der Waals surface area contributed by atoms with Crippen LogP contribution in [0.15, 0.2) is 6.20 Å². The molecule has 2 aliphatic heterocycles. The van der Waals surface area contributed by atoms with Crippen molar-refractivity contribution in [3.8, 4) is 0 Å². The summed E-state index contributed by atoms with van der Waals surface area (Å²) >= 11 is 0. The summed E-state index contributed by atoms with van der Waals surface area (Å²) in [5, 5.41) is 0. The largest absolute Gasteiger partial charge is 0.381 e. The number of H-pyrrole nitrogens is 1. The van der Waals surface area contributed by atoms with Crippen LogP contribution in [0.5, 0.6) is 0 Å². The third kappa shape index (κ3) is 3.23. The first-order valence-electron chi connectivity index (χ1n) is 9.14. The molecule has 3 aliphatic rings. The van der Waals surface area contributed by atoms with E-state index in [0.29, 0.717) is 5.41 Å². The predicted octanol–water partition coefficient (Wildman–Crippen LogP) is 3.14. The van der Waals surface area contributed by atoms with Gasteiger partial charge in [0.05, 0.1) is 6.61 Å². The molecule has 0 bridgehead atoms. The van der Waals surface area contributed by atoms with Gasteiger partial charge in [-0.05, 0) is 31.7 Å². The first-order valence-corrected chi connectivity index (χ1v) is 9.14. The van der Waals surface area contributed by atoms with E-state index in [2.05, 4.69) is 21.1 Å². The van der Waals surface area contributed by atoms with Crippen LogP contribution in [-0.2, 0) is 17.7 Å². The molecular weight excluding hydrogens is 274 g/mol. The van der Waals surface area contributed by atoms with Crippen LogP contribution in [-0.4, -0.2) is 41.2 Å². The van der Waals surface area contributed by atoms with Crippen LogP contribution in [0.1, 0.15) is 56.5 Å². The quantitative estimate of drug-likeness (QED) is 0.929. The number of ether oxygens (including phenoxy) is 1. The van der Waals surface area contributed by atoms with E-state index in [1.165, 1.54) is 69.6 Å². The SMILES string of the molecule is c1nc(CC2CCCC2)[nH]c1CN1CCC[C@]2(CCOC2)C1. The smallest absolute Gasteiger partial charge is 0.106 e. The maximum Gasteiger partial charge on any atom is 0.106 e. The van der Waals surface area contributed by atoms with Crippen LogP contribution in [0.4, 0.5) is 0 Å². The van der Waals surface area contributed by atoms with Crippen LogP contribution < -0.4 is 0 Å². The van der Waals surface area contributed by atoms with Gasteiger partial charge >= 0.3 is 0 Å². The van der Waals surface area contributed by atoms with Crippen LogP contribution in [0.3, 0.4) is 0 Å². The fourth-order valence-corrected chi connectivity index (χ4v) is 4.74. The lowest BCUT2D eigenvalue weighted by atomic mass is 9.79. The number of likely N-dealkylation sites (tertiary alicyclic amines) is 1. The van der Waals surface area contributed by atoms with E-state index in [4.69, 9.17) is 4.74 Å². The van der Waals surface area contributed by atoms with Crippen molar-refractivity contribution >= 4 is 0 Å². The molecule has 122 valence electrons. The average Bonchev–Trinajstić information content (AvgIpc) is 3.24. The molecule has 3 heterocycles. The molecule has 4 rings (SSSR count). The maximum atomic E-state index is 5.67. The first-order chi connectivity index (χ1) is 10.8. The summed E-state index contributed by atoms with van der Waals surface area (Å²) < 4.78 is 5.67. The number of nitrogens with zero attached hydrogens (tertiary/aromatic N) is 2. The monoisotopic (exact) mass is 303 g/mol. The van der Waals surface area contributed by atoms with Gasteiger partial charge in [-0.25, -0.2) is 4.98 Å². The second kappa shape index (κ2) is 6.32. The van der Waals surface area contributed by atoms with Gasteiger partial charge in [0.25, 0.3) is 0 Å². The molecule has 1 atom stereocenters. The van der Waals surface area contributed by atoms with Crippen LogP contribution >= 0.6 is 0 Å². The fraction of sp³-hybridized carbons (Fsp3) is 0.833. The Kier molecular flexibility index (Phi) is 4.23. The molecule has 0 amide bonds. The van der Waals surface area contributed by atoms with Gasteiger partial charge in [0.1, 0.15) is 5.82 Å². The van der Waals surface area contributed by atoms with Crippen molar-refractivity contribution in [2.45, 2.75) is 57.9 Å². The van der Waals surface area contributed by atoms with E-state index in [0.717, 1.165) is 32.1 Å². The number of rotatable bonds is 4. The lowest BCUT2D eigenvalue weighted by molar-refractivity contribution is 0.0639. The van der Waals surface area contributed by atoms with E-state index in [9.17, 15) is 0 Å². The summed E-state index contributed by atoms with van der Waals surface area (Å²) in [6.07, 6.45) is 12.7. The van der Waals surface area contributed by atoms with Crippen LogP contribution in [0, 0.1) is 11.3 Å². The molecule has 4 nitrogen and oxygen atoms in total. The third-order valence-corrected chi connectivity index (χ3v) is 5.96. The lowest BCUT2D eigenvalue weighted by Crippen LogP contribution is -2.43. The minimum absolute atomic E-state index is 0.449. The molecule has 1 aromatic heterocycles. The van der Waals surface area contributed by atoms with Crippen molar-refractivity contribution < 1.29 is 4.74 Å². The highest BCUT2D eigenvalue weighted by atomic mass is 16.5. The summed E-state index contributed by atoms with van der Waals surface area (Å²) in [6.45, 7) is 5.38. The average molecular weight is 303 g/mol. The van der Waals surface area contributed by atoms with Crippen LogP contribution in [0.2, 0.25) is 0 Å². The molecule has 1 aliphatic carbocycles. The highest BCUT2D eigenvalue weighted by molar-refractivity contribution is 5.03. The standard InChI is InChI=1S/C18H29N3O/c1-2-5-15(4-1)10-17-19-11-16(20-17)12-21-8-3-6-18(13-21)7-9-22-14-18/h11,15H,1-10,12-14H2,(H,19,20)/t18-/m0/s1. The van der Waals surface area contributed by atoms with Gasteiger partial charge in [0.15, 0.2) is 0 Å². The lowest BCUT2D eigenvalue weighted by Gasteiger charge is -2.39. The molecular formula is C18H29N3O. The van der Waals surface area contributed by atoms with Crippen molar-refractivity contribution in [1.29, 1.82) is 0 Å². The number of hydrogen-bond acceptors (Lipinski definition) is 3. The van der Waals surface area contributed by atoms with Gasteiger partial charge in [-0.2, -0.15) is 0 Å². The molecule has 0 unspecified atom stereocenters. The van der Waals surface area contributed by atoms with Gasteiger partial charge in [0, 0.05) is 43.4 Å². The van der Waals surface area contributed by atoms with Gasteiger partial charge in [-0.3, -0.25) is 4.90 Å². The van der Waals surface area contributed by atoms with Gasteiger partial charge in [-0.15, -0.1) is 0 Å². The molecule has 1 spiro atoms. The molecule has 1 aromatic rings. The Bertz CT molecular complexity index is 486. The minimum Gasteiger partial charge on any atom is -0.381 e. The number of hydrogen-bond donors (Lipinski definition) is 1. The van der Waals surface area contributed by atoms with Crippen LogP contribution in [0.25, 0.3) is 0 Å². The second-order valence-electron chi connectivity index (χ2n) is 7.83. The fourth-order valence-electron chi connectivity index (χ4n) is 4.74. The van der Waals surface area contributed by atoms with E-state index in [1.807, 2.05) is 0 Å². The summed E-state index contributed by atoms with van der Waals surface area (Å²) in [7, 11) is 0. The highest BCUT2D eigenvalue weighted by Crippen LogP contribution is 2.38. The molecule has 0 radical (unpaired) electrons. The molecule has 22 heavy (non-hydrogen) atoms. The molecule has 3 fully saturated rings. The molecule has 2 saturated heterocycles. The minimum atomic E-state index is 0.449. The third-order valence-electron chi connectivity index (χ3n) is 5.96. The van der Waals surface area contributed by atoms with Crippen molar-refractivity contribution in [2.24, 2.45) is 11.3 Å². The van der Waals surface area contributed by atoms with Gasteiger partial charge < -0.3 is 9.72 Å². The Balaban J connectivity index is 1.33. The number of aromatic amines is 1. The van der Waals surface area contributed by atoms with Crippen molar-refractivity contribution in [3.63, 3.8) is 0 Å². The van der Waals surface area contributed by atoms with Gasteiger partial charge in [0.2, 0.25) is 0 Å². The maximum absolute atomic E-state index is 5.67. The van der Waals surface area contributed by atoms with Gasteiger partial charge in [-0.1, -0.05) is 25.7 Å². The second-order valence-corrected chi connectivity index (χ2v) is 7.83. The zero-order chi connectivity index (χ0) is 14.8. The normalized spacial score (nSPS) is 30.5. The summed E-state index contributed by atoms with van der Waals surface area (Å²) in [5.41, 5.74) is 1.74. The van der Waals surface area contributed by atoms with E-state index in [-0.39, 0.29) is 0 Å². The zero-order valence-electron chi connectivity index (χ0n) is 13.6. The van der Waals surface area contributed by atoms with Crippen molar-refractivity contribution in [2.75, 3.05) is 26.3 Å². The number of nitrogens with one attached hydrogen (secondary N) is 1. The van der Waals surface area contributed by atoms with E-state index in [1.54, 1.807) is 0 Å². The predicted molar refractivity (Wildman–Crippen MR) is 86.6 cm³/mol. The number of imidazole rings is 1. The Hall–Kier alpha value is -0.870. The Morgan fingerprint density at radius 1 is 1.27 bits per heavy atom. The molecule has 1 N–H and O–H groups in total. The number of aromatic nitrogens is 2. The van der Waals surface area contributed by atoms with E-state index < -0.39 is 0 Å². The van der Waals surface area contributed by atoms with E-state index >= 15 is 0 Å². The van der Waals surface area contributed by atoms with Crippen molar-refractivity contribution in [1.82, 2.24) is 14.9 Å². The zero-order valence-corrected chi connectivity index (χ0v) is 13.6. The summed E-state index contributed by atoms with van der Waals surface area (Å²) in [6, 6.07) is 0. The Labute approximate surface area is 133 Å². The summed E-state index contributed by atoms with van der Waals surface area (Å²) in [5.74, 6) is 2.07. The molecule has 1 saturated carbocycles. The van der Waals surface area contributed by atoms with Crippen molar-refractivity contribution in [3.05, 3.63) is 17.7 Å².